The van der Waals surface area contributed by atoms with Crippen molar-refractivity contribution in [1.82, 2.24) is 0 Å². The van der Waals surface area contributed by atoms with E-state index in [1.54, 1.807) is 12.1 Å². The van der Waals surface area contributed by atoms with Gasteiger partial charge in [-0.1, -0.05) is 50.6 Å². The van der Waals surface area contributed by atoms with E-state index < -0.39 is 24.3 Å². The number of carboxylic acid groups (broad SMARTS) is 1. The fraction of sp³-hybridized carbons (Fsp3) is 0.605. The van der Waals surface area contributed by atoms with Gasteiger partial charge in [0.25, 0.3) is 0 Å². The number of nitrogens with zero attached hydrogens (tertiary/aromatic N) is 1. The smallest absolute Gasteiger partial charge is 0.335 e. The zero-order valence-corrected chi connectivity index (χ0v) is 32.2. The Morgan fingerprint density at radius 2 is 1.92 bits per heavy atom. The average molecular weight is 729 g/mol. The van der Waals surface area contributed by atoms with E-state index in [-0.39, 0.29) is 45.6 Å². The molecule has 4 aliphatic rings. The maximum Gasteiger partial charge on any atom is 0.335 e. The molecule has 1 spiro atoms. The quantitative estimate of drug-likeness (QED) is 0.189. The van der Waals surface area contributed by atoms with E-state index in [4.69, 9.17) is 25.9 Å². The van der Waals surface area contributed by atoms with E-state index in [1.807, 2.05) is 12.1 Å². The van der Waals surface area contributed by atoms with Crippen LogP contribution in [0.15, 0.2) is 48.6 Å². The number of primary sulfonamides is 1. The van der Waals surface area contributed by atoms with E-state index in [9.17, 15) is 18.3 Å². The number of rotatable bonds is 10. The van der Waals surface area contributed by atoms with Gasteiger partial charge in [-0.15, -0.1) is 0 Å². The van der Waals surface area contributed by atoms with Crippen LogP contribution in [0.5, 0.6) is 5.75 Å². The Morgan fingerprint density at radius 1 is 1.16 bits per heavy atom. The molecule has 0 amide bonds. The lowest BCUT2D eigenvalue weighted by Gasteiger charge is -2.48. The van der Waals surface area contributed by atoms with Gasteiger partial charge in [0, 0.05) is 23.5 Å². The summed E-state index contributed by atoms with van der Waals surface area (Å²) in [6.45, 7) is 13.4. The lowest BCUT2D eigenvalue weighted by atomic mass is 9.68. The third-order valence-electron chi connectivity index (χ3n) is 12.3. The molecule has 1 aliphatic heterocycles. The maximum atomic E-state index is 12.1. The standard InChI is InChI=1S/C38H53ClN2O6SSi/c1-37(2,3)49(4,5)47-34(16-11-25-8-9-29(25)22-48(40,44)45)31-14-10-28(31)21-41-23-38(18-6-7-26-19-30(39)13-15-32(26)38)24-46-35-17-12-27(36(42)43)20-33(35)41/h11-13,15-17,19-20,25,28-29,31,34H,6-10,14,18,21-24H2,1-5H3,(H,42,43)(H2,40,44,45)/b16-11-/t25-,28+,29-,31-,34?,38+/m1/s1. The van der Waals surface area contributed by atoms with E-state index in [1.165, 1.54) is 11.1 Å². The Balaban J connectivity index is 1.31. The van der Waals surface area contributed by atoms with Gasteiger partial charge in [0.1, 0.15) is 5.75 Å². The van der Waals surface area contributed by atoms with E-state index in [0.717, 1.165) is 74.5 Å². The van der Waals surface area contributed by atoms with Gasteiger partial charge in [0.2, 0.25) is 10.0 Å². The number of carboxylic acids is 1. The normalized spacial score (nSPS) is 27.8. The van der Waals surface area contributed by atoms with Crippen molar-refractivity contribution in [2.45, 2.75) is 95.4 Å². The van der Waals surface area contributed by atoms with Crippen molar-refractivity contribution in [2.75, 3.05) is 30.3 Å². The monoisotopic (exact) mass is 728 g/mol. The number of sulfonamides is 1. The van der Waals surface area contributed by atoms with Crippen LogP contribution < -0.4 is 14.8 Å². The predicted octanol–water partition coefficient (Wildman–Crippen LogP) is 7.80. The number of aryl methyl sites for hydroxylation is 1. The minimum Gasteiger partial charge on any atom is -0.490 e. The molecule has 0 radical (unpaired) electrons. The molecule has 6 rings (SSSR count). The number of allylic oxidation sites excluding steroid dienone is 1. The third-order valence-corrected chi connectivity index (χ3v) is 17.9. The van der Waals surface area contributed by atoms with Crippen LogP contribution in [-0.4, -0.2) is 59.4 Å². The Bertz CT molecular complexity index is 1710. The molecule has 3 aliphatic carbocycles. The van der Waals surface area contributed by atoms with E-state index in [0.29, 0.717) is 12.5 Å². The van der Waals surface area contributed by atoms with Crippen LogP contribution in [0.3, 0.4) is 0 Å². The highest BCUT2D eigenvalue weighted by atomic mass is 35.5. The van der Waals surface area contributed by atoms with Gasteiger partial charge in [0.05, 0.1) is 29.7 Å². The topological polar surface area (TPSA) is 119 Å². The molecule has 0 bridgehead atoms. The highest BCUT2D eigenvalue weighted by molar-refractivity contribution is 7.89. The van der Waals surface area contributed by atoms with Gasteiger partial charge in [-0.2, -0.15) is 0 Å². The third kappa shape index (κ3) is 7.78. The molecule has 2 saturated carbocycles. The highest BCUT2D eigenvalue weighted by Crippen LogP contribution is 2.48. The van der Waals surface area contributed by atoms with Crippen LogP contribution in [0.1, 0.15) is 80.8 Å². The molecule has 49 heavy (non-hydrogen) atoms. The summed E-state index contributed by atoms with van der Waals surface area (Å²) in [5, 5.41) is 16.1. The number of halogens is 1. The number of hydrogen-bond donors (Lipinski definition) is 2. The summed E-state index contributed by atoms with van der Waals surface area (Å²) < 4.78 is 37.5. The van der Waals surface area contributed by atoms with Gasteiger partial charge in [-0.3, -0.25) is 0 Å². The molecule has 0 aromatic heterocycles. The number of hydrogen-bond acceptors (Lipinski definition) is 6. The van der Waals surface area contributed by atoms with Crippen LogP contribution in [0.25, 0.3) is 0 Å². The number of aromatic carboxylic acids is 1. The predicted molar refractivity (Wildman–Crippen MR) is 199 cm³/mol. The van der Waals surface area contributed by atoms with Gasteiger partial charge in [-0.05, 0) is 128 Å². The second-order valence-corrected chi connectivity index (χ2v) is 23.5. The Hall–Kier alpha value is -2.37. The molecular formula is C38H53ClN2O6SSi. The number of ether oxygens (including phenoxy) is 1. The van der Waals surface area contributed by atoms with Crippen molar-refractivity contribution in [2.24, 2.45) is 28.8 Å². The SMILES string of the molecule is CC(C)(C)[Si](C)(C)OC(/C=C\[C@H]1CC[C@@H]1CS(N)(=O)=O)[C@@H]1CC[C@H]1CN1C[C@@]2(CCCc3cc(Cl)ccc32)COc2ccc(C(=O)O)cc21. The number of carbonyl (C=O) groups is 1. The first-order valence-electron chi connectivity index (χ1n) is 17.9. The van der Waals surface area contributed by atoms with Gasteiger partial charge in [-0.25, -0.2) is 18.4 Å². The molecule has 8 nitrogen and oxygen atoms in total. The van der Waals surface area contributed by atoms with Gasteiger partial charge >= 0.3 is 5.97 Å². The van der Waals surface area contributed by atoms with E-state index in [2.05, 4.69) is 63.0 Å². The summed E-state index contributed by atoms with van der Waals surface area (Å²) in [5.41, 5.74) is 3.38. The molecule has 0 saturated heterocycles. The fourth-order valence-electron chi connectivity index (χ4n) is 8.18. The molecule has 1 unspecified atom stereocenters. The van der Waals surface area contributed by atoms with Gasteiger partial charge in [0.15, 0.2) is 8.32 Å². The first-order valence-corrected chi connectivity index (χ1v) is 22.9. The summed E-state index contributed by atoms with van der Waals surface area (Å²) >= 11 is 6.45. The van der Waals surface area contributed by atoms with Crippen molar-refractivity contribution >= 4 is 41.6 Å². The average Bonchev–Trinajstić information content (AvgIpc) is 3.13. The summed E-state index contributed by atoms with van der Waals surface area (Å²) in [6.07, 6.45) is 11.3. The second-order valence-electron chi connectivity index (χ2n) is 16.7. The van der Waals surface area contributed by atoms with Crippen LogP contribution in [-0.2, 0) is 26.3 Å². The van der Waals surface area contributed by atoms with Crippen molar-refractivity contribution in [3.05, 3.63) is 70.3 Å². The van der Waals surface area contributed by atoms with Gasteiger partial charge < -0.3 is 19.2 Å². The fourth-order valence-corrected chi connectivity index (χ4v) is 10.7. The lowest BCUT2D eigenvalue weighted by Crippen LogP contribution is -2.52. The number of benzene rings is 2. The molecule has 2 aromatic carbocycles. The summed E-state index contributed by atoms with van der Waals surface area (Å²) in [5.74, 6) is 0.638. The van der Waals surface area contributed by atoms with Crippen LogP contribution in [0.2, 0.25) is 23.2 Å². The summed E-state index contributed by atoms with van der Waals surface area (Å²) in [4.78, 5) is 14.5. The van der Waals surface area contributed by atoms with Crippen LogP contribution in [0.4, 0.5) is 5.69 Å². The molecule has 2 aromatic rings. The number of nitrogens with two attached hydrogens (primary N) is 1. The van der Waals surface area contributed by atoms with Crippen molar-refractivity contribution < 1.29 is 27.5 Å². The van der Waals surface area contributed by atoms with Crippen molar-refractivity contribution in [3.63, 3.8) is 0 Å². The Kier molecular flexibility index (Phi) is 10.1. The molecule has 268 valence electrons. The largest absolute Gasteiger partial charge is 0.490 e. The molecule has 3 N–H and O–H groups in total. The second kappa shape index (κ2) is 13.6. The first kappa shape index (κ1) is 36.4. The Morgan fingerprint density at radius 3 is 2.55 bits per heavy atom. The highest BCUT2D eigenvalue weighted by Gasteiger charge is 2.47. The number of anilines is 1. The van der Waals surface area contributed by atoms with E-state index >= 15 is 0 Å². The first-order chi connectivity index (χ1) is 22.9. The molecule has 6 atom stereocenters. The molecule has 1 heterocycles. The minimum atomic E-state index is -3.52. The molecule has 11 heteroatoms. The zero-order chi connectivity index (χ0) is 35.4. The van der Waals surface area contributed by atoms with Crippen LogP contribution >= 0.6 is 11.6 Å². The summed E-state index contributed by atoms with van der Waals surface area (Å²) in [7, 11) is -5.68. The molecular weight excluding hydrogens is 676 g/mol. The zero-order valence-electron chi connectivity index (χ0n) is 29.6. The van der Waals surface area contributed by atoms with Crippen molar-refractivity contribution in [1.29, 1.82) is 0 Å². The molecule has 2 fully saturated rings. The number of fused-ring (bicyclic) bond motifs is 3. The minimum absolute atomic E-state index is 0.0215. The van der Waals surface area contributed by atoms with Crippen molar-refractivity contribution in [3.8, 4) is 5.75 Å². The lowest BCUT2D eigenvalue weighted by molar-refractivity contribution is 0.0519. The van der Waals surface area contributed by atoms with Crippen LogP contribution in [0, 0.1) is 23.7 Å². The Labute approximate surface area is 298 Å². The summed E-state index contributed by atoms with van der Waals surface area (Å²) in [6, 6.07) is 11.5. The maximum absolute atomic E-state index is 12.1.